The quantitative estimate of drug-likeness (QED) is 0.627. The molecule has 0 aliphatic heterocycles. The van der Waals surface area contributed by atoms with Crippen molar-refractivity contribution >= 4 is 44.9 Å². The summed E-state index contributed by atoms with van der Waals surface area (Å²) in [4.78, 5) is 23.6. The Hall–Kier alpha value is -2.22. The highest BCUT2D eigenvalue weighted by Gasteiger charge is 2.17. The molecule has 3 aromatic rings. The normalized spacial score (nSPS) is 10.9. The Balaban J connectivity index is 1.89. The molecule has 1 aromatic carbocycles. The molecule has 2 heterocycles. The van der Waals surface area contributed by atoms with Crippen molar-refractivity contribution in [1.29, 1.82) is 0 Å². The second kappa shape index (κ2) is 8.44. The van der Waals surface area contributed by atoms with Crippen LogP contribution in [0.15, 0.2) is 36.0 Å². The Morgan fingerprint density at radius 3 is 2.81 bits per heavy atom. The number of halogens is 1. The first-order chi connectivity index (χ1) is 12.6. The first kappa shape index (κ1) is 18.6. The van der Waals surface area contributed by atoms with E-state index in [2.05, 4.69) is 20.7 Å². The molecule has 0 unspecified atom stereocenters. The zero-order valence-electron chi connectivity index (χ0n) is 14.5. The molecule has 0 aliphatic rings. The fourth-order valence-electron chi connectivity index (χ4n) is 2.63. The van der Waals surface area contributed by atoms with Crippen LogP contribution in [0.2, 0.25) is 5.02 Å². The van der Waals surface area contributed by atoms with Gasteiger partial charge in [-0.05, 0) is 17.7 Å². The van der Waals surface area contributed by atoms with Crippen molar-refractivity contribution in [1.82, 2.24) is 15.3 Å². The van der Waals surface area contributed by atoms with Crippen LogP contribution in [-0.4, -0.2) is 49.7 Å². The van der Waals surface area contributed by atoms with E-state index in [1.807, 2.05) is 36.2 Å². The minimum Gasteiger partial charge on any atom is -0.383 e. The number of thiophene rings is 1. The number of aromatic nitrogens is 2. The maximum absolute atomic E-state index is 12.1. The highest BCUT2D eigenvalue weighted by atomic mass is 35.5. The van der Waals surface area contributed by atoms with Gasteiger partial charge in [0.1, 0.15) is 17.0 Å². The van der Waals surface area contributed by atoms with Crippen LogP contribution < -0.4 is 10.2 Å². The molecule has 0 spiro atoms. The maximum atomic E-state index is 12.1. The molecule has 1 amide bonds. The third-order valence-corrected chi connectivity index (χ3v) is 5.01. The largest absolute Gasteiger partial charge is 0.383 e. The number of benzene rings is 1. The van der Waals surface area contributed by atoms with Gasteiger partial charge in [-0.3, -0.25) is 4.79 Å². The van der Waals surface area contributed by atoms with Gasteiger partial charge in [-0.15, -0.1) is 11.3 Å². The van der Waals surface area contributed by atoms with Gasteiger partial charge in [-0.1, -0.05) is 23.7 Å². The molecular weight excluding hydrogens is 372 g/mol. The van der Waals surface area contributed by atoms with Crippen molar-refractivity contribution in [3.63, 3.8) is 0 Å². The number of likely N-dealkylation sites (N-methyl/N-ethyl adjacent to an activating group) is 1. The molecule has 26 heavy (non-hydrogen) atoms. The highest BCUT2D eigenvalue weighted by molar-refractivity contribution is 7.17. The summed E-state index contributed by atoms with van der Waals surface area (Å²) in [6.45, 7) is 1.17. The van der Waals surface area contributed by atoms with Gasteiger partial charge in [0.25, 0.3) is 0 Å². The monoisotopic (exact) mass is 390 g/mol. The number of hydrogen-bond donors (Lipinski definition) is 1. The van der Waals surface area contributed by atoms with Gasteiger partial charge >= 0.3 is 0 Å². The van der Waals surface area contributed by atoms with Gasteiger partial charge in [-0.25, -0.2) is 9.97 Å². The van der Waals surface area contributed by atoms with E-state index in [9.17, 15) is 4.79 Å². The minimum absolute atomic E-state index is 0.0837. The molecule has 0 saturated carbocycles. The SMILES string of the molecule is COCCNC(=O)CN(C)c1ncnc2scc(-c3ccc(Cl)cc3)c12. The van der Waals surface area contributed by atoms with Gasteiger partial charge in [0.15, 0.2) is 0 Å². The van der Waals surface area contributed by atoms with Crippen LogP contribution in [0.4, 0.5) is 5.82 Å². The van der Waals surface area contributed by atoms with Crippen LogP contribution in [-0.2, 0) is 9.53 Å². The van der Waals surface area contributed by atoms with Gasteiger partial charge in [-0.2, -0.15) is 0 Å². The second-order valence-electron chi connectivity index (χ2n) is 5.73. The summed E-state index contributed by atoms with van der Waals surface area (Å²) >= 11 is 7.55. The van der Waals surface area contributed by atoms with E-state index in [0.29, 0.717) is 18.2 Å². The van der Waals surface area contributed by atoms with Crippen LogP contribution in [0.3, 0.4) is 0 Å². The number of amides is 1. The molecule has 1 N–H and O–H groups in total. The Morgan fingerprint density at radius 1 is 1.31 bits per heavy atom. The molecule has 0 fully saturated rings. The molecule has 6 nitrogen and oxygen atoms in total. The molecule has 3 rings (SSSR count). The van der Waals surface area contributed by atoms with E-state index in [0.717, 1.165) is 27.2 Å². The Kier molecular flexibility index (Phi) is 6.03. The first-order valence-corrected chi connectivity index (χ1v) is 9.31. The number of ether oxygens (including phenoxy) is 1. The number of methoxy groups -OCH3 is 1. The lowest BCUT2D eigenvalue weighted by atomic mass is 10.1. The average molecular weight is 391 g/mol. The van der Waals surface area contributed by atoms with Crippen LogP contribution in [0.1, 0.15) is 0 Å². The van der Waals surface area contributed by atoms with Gasteiger partial charge in [0.2, 0.25) is 5.91 Å². The highest BCUT2D eigenvalue weighted by Crippen LogP contribution is 2.37. The number of anilines is 1. The summed E-state index contributed by atoms with van der Waals surface area (Å²) in [5, 5.41) is 6.50. The Labute approximate surface area is 160 Å². The van der Waals surface area contributed by atoms with Crippen molar-refractivity contribution in [3.05, 3.63) is 41.0 Å². The molecule has 0 bridgehead atoms. The molecule has 8 heteroatoms. The van der Waals surface area contributed by atoms with E-state index in [4.69, 9.17) is 16.3 Å². The summed E-state index contributed by atoms with van der Waals surface area (Å²) in [6.07, 6.45) is 1.53. The lowest BCUT2D eigenvalue weighted by molar-refractivity contribution is -0.119. The lowest BCUT2D eigenvalue weighted by Gasteiger charge is -2.19. The summed E-state index contributed by atoms with van der Waals surface area (Å²) < 4.78 is 4.95. The fraction of sp³-hybridized carbons (Fsp3) is 0.278. The van der Waals surface area contributed by atoms with Crippen molar-refractivity contribution in [3.8, 4) is 11.1 Å². The zero-order valence-corrected chi connectivity index (χ0v) is 16.1. The number of nitrogens with zero attached hydrogens (tertiary/aromatic N) is 3. The summed E-state index contributed by atoms with van der Waals surface area (Å²) in [7, 11) is 3.45. The molecule has 2 aromatic heterocycles. The van der Waals surface area contributed by atoms with Crippen LogP contribution >= 0.6 is 22.9 Å². The maximum Gasteiger partial charge on any atom is 0.239 e. The lowest BCUT2D eigenvalue weighted by Crippen LogP contribution is -2.37. The van der Waals surface area contributed by atoms with E-state index < -0.39 is 0 Å². The predicted molar refractivity (Wildman–Crippen MR) is 106 cm³/mol. The van der Waals surface area contributed by atoms with E-state index >= 15 is 0 Å². The van der Waals surface area contributed by atoms with Gasteiger partial charge < -0.3 is 15.0 Å². The predicted octanol–water partition coefficient (Wildman–Crippen LogP) is 3.21. The number of fused-ring (bicyclic) bond motifs is 1. The van der Waals surface area contributed by atoms with Crippen LogP contribution in [0, 0.1) is 0 Å². The summed E-state index contributed by atoms with van der Waals surface area (Å²) in [5.41, 5.74) is 2.07. The molecule has 0 atom stereocenters. The van der Waals surface area contributed by atoms with E-state index in [1.165, 1.54) is 6.33 Å². The topological polar surface area (TPSA) is 67.3 Å². The molecular formula is C18H19ClN4O2S. The van der Waals surface area contributed by atoms with Crippen molar-refractivity contribution in [2.75, 3.05) is 38.8 Å². The number of hydrogen-bond acceptors (Lipinski definition) is 6. The van der Waals surface area contributed by atoms with Crippen molar-refractivity contribution < 1.29 is 9.53 Å². The molecule has 136 valence electrons. The van der Waals surface area contributed by atoms with Crippen molar-refractivity contribution in [2.45, 2.75) is 0 Å². The smallest absolute Gasteiger partial charge is 0.239 e. The first-order valence-electron chi connectivity index (χ1n) is 8.05. The van der Waals surface area contributed by atoms with Gasteiger partial charge in [0, 0.05) is 36.7 Å². The number of rotatable bonds is 7. The summed E-state index contributed by atoms with van der Waals surface area (Å²) in [5.74, 6) is 0.641. The summed E-state index contributed by atoms with van der Waals surface area (Å²) in [6, 6.07) is 7.66. The zero-order chi connectivity index (χ0) is 18.5. The third-order valence-electron chi connectivity index (χ3n) is 3.88. The van der Waals surface area contributed by atoms with E-state index in [1.54, 1.807) is 18.4 Å². The second-order valence-corrected chi connectivity index (χ2v) is 7.03. The van der Waals surface area contributed by atoms with Crippen LogP contribution in [0.5, 0.6) is 0 Å². The van der Waals surface area contributed by atoms with E-state index in [-0.39, 0.29) is 12.5 Å². The number of carbonyl (C=O) groups is 1. The third kappa shape index (κ3) is 4.12. The van der Waals surface area contributed by atoms with Crippen LogP contribution in [0.25, 0.3) is 21.3 Å². The molecule has 0 aliphatic carbocycles. The Bertz CT molecular complexity index is 898. The number of carbonyl (C=O) groups excluding carboxylic acids is 1. The standard InChI is InChI=1S/C18H19ClN4O2S/c1-23(9-15(24)20-7-8-25-2)17-16-14(10-26-18(16)22-11-21-17)12-3-5-13(19)6-4-12/h3-6,10-11H,7-9H2,1-2H3,(H,20,24). The Morgan fingerprint density at radius 2 is 2.08 bits per heavy atom. The van der Waals surface area contributed by atoms with Crippen molar-refractivity contribution in [2.24, 2.45) is 0 Å². The molecule has 0 saturated heterocycles. The van der Waals surface area contributed by atoms with Gasteiger partial charge in [0.05, 0.1) is 18.5 Å². The number of nitrogens with one attached hydrogen (secondary N) is 1. The minimum atomic E-state index is -0.0837. The molecule has 0 radical (unpaired) electrons. The average Bonchev–Trinajstić information content (AvgIpc) is 3.06. The fourth-order valence-corrected chi connectivity index (χ4v) is 3.67.